The van der Waals surface area contributed by atoms with Crippen molar-refractivity contribution in [2.24, 2.45) is 0 Å². The molecule has 9 aromatic rings. The van der Waals surface area contributed by atoms with Gasteiger partial charge in [0.2, 0.25) is 0 Å². The molecule has 2 heterocycles. The van der Waals surface area contributed by atoms with Crippen LogP contribution in [0.4, 0.5) is 17.1 Å². The van der Waals surface area contributed by atoms with Gasteiger partial charge in [0.1, 0.15) is 8.07 Å². The van der Waals surface area contributed by atoms with E-state index in [1.807, 2.05) is 11.3 Å². The predicted molar refractivity (Wildman–Crippen MR) is 246 cm³/mol. The van der Waals surface area contributed by atoms with Gasteiger partial charge in [-0.05, 0) is 115 Å². The van der Waals surface area contributed by atoms with Gasteiger partial charge in [0.15, 0.2) is 0 Å². The minimum Gasteiger partial charge on any atom is -0.310 e. The molecular weight excluding hydrogens is 723 g/mol. The summed E-state index contributed by atoms with van der Waals surface area (Å²) in [6, 6.07) is 67.4. The second-order valence-corrected chi connectivity index (χ2v) is 22.7. The lowest BCUT2D eigenvalue weighted by molar-refractivity contribution is 0.660. The minimum absolute atomic E-state index is 0.114. The normalized spacial score (nSPS) is 15.8. The van der Waals surface area contributed by atoms with Crippen molar-refractivity contribution in [1.29, 1.82) is 0 Å². The Labute approximate surface area is 339 Å². The van der Waals surface area contributed by atoms with E-state index in [9.17, 15) is 0 Å². The standard InChI is InChI=1S/C54H41NSSi/c1-53(2)43-18-8-5-15-37(43)39-28-25-35(32-47(39)53)55(34-27-30-50-42(31-34)41-17-7-12-22-49(41)56-50)36-26-29-40-38-16-6-9-19-44(38)54(48(40)33-36)45-20-10-13-23-51(45)57(3,4)52-24-14-11-21-46(52)54/h5-33H,1-4H3. The summed E-state index contributed by atoms with van der Waals surface area (Å²) in [7, 11) is -2.01. The molecule has 0 saturated carbocycles. The van der Waals surface area contributed by atoms with Gasteiger partial charge in [0, 0.05) is 42.6 Å². The van der Waals surface area contributed by atoms with Crippen LogP contribution in [0, 0.1) is 0 Å². The third-order valence-corrected chi connectivity index (χ3v) is 18.5. The second-order valence-electron chi connectivity index (χ2n) is 17.3. The van der Waals surface area contributed by atoms with Gasteiger partial charge in [0.25, 0.3) is 0 Å². The van der Waals surface area contributed by atoms with Crippen LogP contribution in [0.1, 0.15) is 47.2 Å². The van der Waals surface area contributed by atoms with Crippen LogP contribution in [0.25, 0.3) is 42.4 Å². The lowest BCUT2D eigenvalue weighted by Crippen LogP contribution is -2.63. The SMILES string of the molecule is CC1(C)c2ccccc2-c2ccc(N(c3ccc4c(c3)C3(c5ccccc5-4)c4ccccc4[Si](C)(C)c4ccccc43)c3ccc4sc5ccccc5c4c3)cc21. The molecule has 0 N–H and O–H groups in total. The first kappa shape index (κ1) is 33.2. The molecule has 2 aliphatic carbocycles. The number of rotatable bonds is 3. The smallest absolute Gasteiger partial charge is 0.113 e. The minimum atomic E-state index is -2.01. The van der Waals surface area contributed by atoms with Crippen LogP contribution < -0.4 is 15.3 Å². The lowest BCUT2D eigenvalue weighted by atomic mass is 9.67. The monoisotopic (exact) mass is 763 g/mol. The van der Waals surface area contributed by atoms with Crippen molar-refractivity contribution in [3.8, 4) is 22.3 Å². The Kier molecular flexibility index (Phi) is 6.71. The van der Waals surface area contributed by atoms with E-state index in [0.717, 1.165) is 0 Å². The van der Waals surface area contributed by atoms with Crippen LogP contribution in [0.15, 0.2) is 176 Å². The van der Waals surface area contributed by atoms with Crippen molar-refractivity contribution in [3.05, 3.63) is 209 Å². The Morgan fingerprint density at radius 1 is 0.404 bits per heavy atom. The molecule has 0 radical (unpaired) electrons. The van der Waals surface area contributed by atoms with Gasteiger partial charge < -0.3 is 4.90 Å². The molecule has 12 rings (SSSR count). The third-order valence-electron chi connectivity index (χ3n) is 13.7. The first-order valence-electron chi connectivity index (χ1n) is 20.2. The van der Waals surface area contributed by atoms with Crippen LogP contribution in [-0.4, -0.2) is 8.07 Å². The number of nitrogens with zero attached hydrogens (tertiary/aromatic N) is 1. The van der Waals surface area contributed by atoms with Crippen molar-refractivity contribution in [1.82, 2.24) is 0 Å². The fourth-order valence-corrected chi connectivity index (χ4v) is 15.4. The van der Waals surface area contributed by atoms with E-state index in [4.69, 9.17) is 0 Å². The second kappa shape index (κ2) is 11.5. The van der Waals surface area contributed by atoms with Gasteiger partial charge >= 0.3 is 0 Å². The molecule has 1 spiro atoms. The van der Waals surface area contributed by atoms with E-state index in [1.54, 1.807) is 0 Å². The number of thiophene rings is 1. The van der Waals surface area contributed by atoms with Gasteiger partial charge in [-0.25, -0.2) is 0 Å². The quantitative estimate of drug-likeness (QED) is 0.162. The van der Waals surface area contributed by atoms with E-state index in [2.05, 4.69) is 208 Å². The van der Waals surface area contributed by atoms with Crippen LogP contribution in [-0.2, 0) is 10.8 Å². The molecule has 1 nitrogen and oxygen atoms in total. The van der Waals surface area contributed by atoms with E-state index >= 15 is 0 Å². The van der Waals surface area contributed by atoms with Crippen molar-refractivity contribution < 1.29 is 0 Å². The van der Waals surface area contributed by atoms with E-state index < -0.39 is 13.5 Å². The fraction of sp³-hybridized carbons (Fsp3) is 0.111. The van der Waals surface area contributed by atoms with Crippen LogP contribution in [0.3, 0.4) is 0 Å². The fourth-order valence-electron chi connectivity index (χ4n) is 11.1. The van der Waals surface area contributed by atoms with Gasteiger partial charge in [-0.2, -0.15) is 0 Å². The highest BCUT2D eigenvalue weighted by atomic mass is 32.1. The van der Waals surface area contributed by atoms with Gasteiger partial charge in [0.05, 0.1) is 5.41 Å². The molecule has 0 fully saturated rings. The Morgan fingerprint density at radius 2 is 0.877 bits per heavy atom. The highest BCUT2D eigenvalue weighted by molar-refractivity contribution is 7.25. The summed E-state index contributed by atoms with van der Waals surface area (Å²) >= 11 is 1.88. The molecule has 0 bridgehead atoms. The topological polar surface area (TPSA) is 3.24 Å². The summed E-state index contributed by atoms with van der Waals surface area (Å²) in [5.41, 5.74) is 16.7. The maximum Gasteiger partial charge on any atom is 0.113 e. The number of fused-ring (bicyclic) bond motifs is 15. The first-order chi connectivity index (χ1) is 27.8. The first-order valence-corrected chi connectivity index (χ1v) is 24.0. The molecule has 0 atom stereocenters. The molecule has 8 aromatic carbocycles. The average molecular weight is 764 g/mol. The Bertz CT molecular complexity index is 3110. The van der Waals surface area contributed by atoms with Crippen LogP contribution in [0.5, 0.6) is 0 Å². The zero-order chi connectivity index (χ0) is 38.3. The summed E-state index contributed by atoms with van der Waals surface area (Å²) < 4.78 is 2.64. The number of benzene rings is 8. The van der Waals surface area contributed by atoms with Gasteiger partial charge in [-0.1, -0.05) is 154 Å². The predicted octanol–water partition coefficient (Wildman–Crippen LogP) is 13.3. The molecule has 0 amide bonds. The number of anilines is 3. The van der Waals surface area contributed by atoms with Gasteiger partial charge in [-0.15, -0.1) is 11.3 Å². The molecule has 1 aromatic heterocycles. The average Bonchev–Trinajstić information content (AvgIpc) is 3.84. The van der Waals surface area contributed by atoms with Crippen molar-refractivity contribution >= 4 is 67.0 Å². The van der Waals surface area contributed by atoms with E-state index in [0.29, 0.717) is 0 Å². The summed E-state index contributed by atoms with van der Waals surface area (Å²) in [5, 5.41) is 5.68. The number of hydrogen-bond acceptors (Lipinski definition) is 2. The Morgan fingerprint density at radius 3 is 1.58 bits per heavy atom. The zero-order valence-electron chi connectivity index (χ0n) is 32.6. The summed E-state index contributed by atoms with van der Waals surface area (Å²) in [4.78, 5) is 2.53. The highest BCUT2D eigenvalue weighted by Crippen LogP contribution is 2.58. The van der Waals surface area contributed by atoms with E-state index in [1.165, 1.54) is 103 Å². The number of hydrogen-bond donors (Lipinski definition) is 0. The van der Waals surface area contributed by atoms with E-state index in [-0.39, 0.29) is 5.41 Å². The van der Waals surface area contributed by atoms with Crippen LogP contribution in [0.2, 0.25) is 13.1 Å². The third kappa shape index (κ3) is 4.28. The van der Waals surface area contributed by atoms with Crippen molar-refractivity contribution in [2.45, 2.75) is 37.8 Å². The van der Waals surface area contributed by atoms with Crippen LogP contribution >= 0.6 is 11.3 Å². The van der Waals surface area contributed by atoms with Crippen molar-refractivity contribution in [2.75, 3.05) is 4.90 Å². The zero-order valence-corrected chi connectivity index (χ0v) is 34.4. The Balaban J connectivity index is 1.15. The van der Waals surface area contributed by atoms with Gasteiger partial charge in [-0.3, -0.25) is 0 Å². The maximum absolute atomic E-state index is 2.55. The lowest BCUT2D eigenvalue weighted by Gasteiger charge is -2.46. The molecule has 0 saturated heterocycles. The summed E-state index contributed by atoms with van der Waals surface area (Å²) in [6.07, 6.45) is 0. The van der Waals surface area contributed by atoms with Crippen molar-refractivity contribution in [3.63, 3.8) is 0 Å². The molecule has 0 unspecified atom stereocenters. The molecular formula is C54H41NSSi. The highest BCUT2D eigenvalue weighted by Gasteiger charge is 2.53. The maximum atomic E-state index is 2.55. The molecule has 57 heavy (non-hydrogen) atoms. The summed E-state index contributed by atoms with van der Waals surface area (Å²) in [5.74, 6) is 0. The molecule has 3 aliphatic rings. The molecule has 1 aliphatic heterocycles. The summed E-state index contributed by atoms with van der Waals surface area (Å²) in [6.45, 7) is 9.84. The Hall–Kier alpha value is -6.00. The molecule has 3 heteroatoms. The molecule has 272 valence electrons. The largest absolute Gasteiger partial charge is 0.310 e.